The van der Waals surface area contributed by atoms with E-state index in [0.29, 0.717) is 5.56 Å². The Labute approximate surface area is 135 Å². The average molecular weight is 341 g/mol. The highest BCUT2D eigenvalue weighted by atomic mass is 19.4. The summed E-state index contributed by atoms with van der Waals surface area (Å²) in [5, 5.41) is 7.62. The number of esters is 1. The molecule has 0 bridgehead atoms. The summed E-state index contributed by atoms with van der Waals surface area (Å²) in [5.74, 6) is -2.27. The van der Waals surface area contributed by atoms with Gasteiger partial charge in [-0.25, -0.2) is 4.79 Å². The van der Waals surface area contributed by atoms with E-state index in [1.54, 1.807) is 30.3 Å². The standard InChI is InChI=1S/C15H14F3N3O3/c1-2-24-14(23)12-10(15(16,17)18)11(20-21-12)13(22)19-8-9-6-4-3-5-7-9/h3-7H,2,8H2,1H3,(H,19,22)(H,20,21). The molecule has 0 saturated heterocycles. The summed E-state index contributed by atoms with van der Waals surface area (Å²) in [6.07, 6.45) is -4.94. The molecular weight excluding hydrogens is 327 g/mol. The van der Waals surface area contributed by atoms with Gasteiger partial charge in [-0.3, -0.25) is 9.89 Å². The second kappa shape index (κ2) is 7.16. The third-order valence-electron chi connectivity index (χ3n) is 3.04. The molecule has 9 heteroatoms. The first kappa shape index (κ1) is 17.5. The number of hydrogen-bond donors (Lipinski definition) is 2. The van der Waals surface area contributed by atoms with Crippen LogP contribution in [0.25, 0.3) is 0 Å². The van der Waals surface area contributed by atoms with E-state index in [-0.39, 0.29) is 13.2 Å². The maximum absolute atomic E-state index is 13.2. The first-order chi connectivity index (χ1) is 11.3. The fourth-order valence-electron chi connectivity index (χ4n) is 2.00. The van der Waals surface area contributed by atoms with Crippen LogP contribution in [0.3, 0.4) is 0 Å². The number of nitrogens with zero attached hydrogens (tertiary/aromatic N) is 1. The van der Waals surface area contributed by atoms with Gasteiger partial charge >= 0.3 is 12.1 Å². The van der Waals surface area contributed by atoms with Crippen LogP contribution < -0.4 is 5.32 Å². The normalized spacial score (nSPS) is 11.2. The summed E-state index contributed by atoms with van der Waals surface area (Å²) >= 11 is 0. The zero-order valence-electron chi connectivity index (χ0n) is 12.6. The molecule has 2 N–H and O–H groups in total. The molecule has 0 aliphatic carbocycles. The molecule has 0 aliphatic rings. The van der Waals surface area contributed by atoms with Gasteiger partial charge in [-0.05, 0) is 12.5 Å². The Morgan fingerprint density at radius 1 is 1.25 bits per heavy atom. The fourth-order valence-corrected chi connectivity index (χ4v) is 2.00. The number of amides is 1. The molecule has 24 heavy (non-hydrogen) atoms. The van der Waals surface area contributed by atoms with E-state index in [9.17, 15) is 22.8 Å². The summed E-state index contributed by atoms with van der Waals surface area (Å²) < 4.78 is 44.2. The number of carbonyl (C=O) groups excluding carboxylic acids is 2. The molecule has 2 aromatic rings. The lowest BCUT2D eigenvalue weighted by atomic mass is 10.1. The Kier molecular flexibility index (Phi) is 5.22. The van der Waals surface area contributed by atoms with Crippen LogP contribution in [-0.4, -0.2) is 28.7 Å². The molecule has 0 spiro atoms. The quantitative estimate of drug-likeness (QED) is 0.819. The number of halogens is 3. The number of alkyl halides is 3. The first-order valence-electron chi connectivity index (χ1n) is 6.99. The molecule has 0 saturated carbocycles. The predicted octanol–water partition coefficient (Wildman–Crippen LogP) is 2.54. The van der Waals surface area contributed by atoms with Gasteiger partial charge in [0.15, 0.2) is 11.4 Å². The minimum Gasteiger partial charge on any atom is -0.461 e. The van der Waals surface area contributed by atoms with Crippen LogP contribution in [0.2, 0.25) is 0 Å². The van der Waals surface area contributed by atoms with Crippen LogP contribution in [0.1, 0.15) is 39.0 Å². The second-order valence-corrected chi connectivity index (χ2v) is 4.71. The molecule has 1 aromatic heterocycles. The number of aromatic amines is 1. The number of hydrogen-bond acceptors (Lipinski definition) is 4. The van der Waals surface area contributed by atoms with Crippen molar-refractivity contribution in [3.63, 3.8) is 0 Å². The zero-order chi connectivity index (χ0) is 17.7. The Balaban J connectivity index is 2.26. The maximum Gasteiger partial charge on any atom is 0.421 e. The van der Waals surface area contributed by atoms with Crippen molar-refractivity contribution in [3.05, 3.63) is 52.8 Å². The highest BCUT2D eigenvalue weighted by Gasteiger charge is 2.43. The van der Waals surface area contributed by atoms with Crippen molar-refractivity contribution >= 4 is 11.9 Å². The summed E-state index contributed by atoms with van der Waals surface area (Å²) in [6.45, 7) is 1.37. The van der Waals surface area contributed by atoms with Crippen molar-refractivity contribution in [2.24, 2.45) is 0 Å². The molecular formula is C15H14F3N3O3. The number of H-pyrrole nitrogens is 1. The van der Waals surface area contributed by atoms with Crippen molar-refractivity contribution in [1.29, 1.82) is 0 Å². The molecule has 0 aliphatic heterocycles. The maximum atomic E-state index is 13.2. The molecule has 1 aromatic carbocycles. The number of ether oxygens (including phenoxy) is 1. The van der Waals surface area contributed by atoms with E-state index in [1.807, 2.05) is 5.10 Å². The summed E-state index contributed by atoms with van der Waals surface area (Å²) in [6, 6.07) is 8.65. The van der Waals surface area contributed by atoms with E-state index in [4.69, 9.17) is 0 Å². The van der Waals surface area contributed by atoms with E-state index < -0.39 is 35.0 Å². The van der Waals surface area contributed by atoms with E-state index in [2.05, 4.69) is 15.2 Å². The highest BCUT2D eigenvalue weighted by Crippen LogP contribution is 2.34. The lowest BCUT2D eigenvalue weighted by Gasteiger charge is -2.09. The van der Waals surface area contributed by atoms with E-state index in [1.165, 1.54) is 6.92 Å². The molecule has 6 nitrogen and oxygen atoms in total. The minimum absolute atomic E-state index is 0.0264. The van der Waals surface area contributed by atoms with Crippen molar-refractivity contribution in [3.8, 4) is 0 Å². The van der Waals surface area contributed by atoms with Gasteiger partial charge in [-0.15, -0.1) is 0 Å². The van der Waals surface area contributed by atoms with Crippen molar-refractivity contribution in [2.75, 3.05) is 6.61 Å². The third-order valence-corrected chi connectivity index (χ3v) is 3.04. The lowest BCUT2D eigenvalue weighted by molar-refractivity contribution is -0.138. The average Bonchev–Trinajstić information content (AvgIpc) is 2.99. The Morgan fingerprint density at radius 3 is 2.50 bits per heavy atom. The SMILES string of the molecule is CCOC(=O)c1[nH]nc(C(=O)NCc2ccccc2)c1C(F)(F)F. The molecule has 1 heterocycles. The molecule has 128 valence electrons. The van der Waals surface area contributed by atoms with Gasteiger partial charge in [0.1, 0.15) is 5.56 Å². The van der Waals surface area contributed by atoms with Gasteiger partial charge in [-0.2, -0.15) is 18.3 Å². The molecule has 0 unspecified atom stereocenters. The Bertz CT molecular complexity index is 727. The van der Waals surface area contributed by atoms with Crippen LogP contribution in [0.15, 0.2) is 30.3 Å². The topological polar surface area (TPSA) is 84.1 Å². The molecule has 0 atom stereocenters. The number of benzene rings is 1. The smallest absolute Gasteiger partial charge is 0.421 e. The third kappa shape index (κ3) is 3.92. The van der Waals surface area contributed by atoms with Crippen LogP contribution in [0, 0.1) is 0 Å². The summed E-state index contributed by atoms with van der Waals surface area (Å²) in [7, 11) is 0. The van der Waals surface area contributed by atoms with Crippen LogP contribution in [0.5, 0.6) is 0 Å². The summed E-state index contributed by atoms with van der Waals surface area (Å²) in [5.41, 5.74) is -2.53. The van der Waals surface area contributed by atoms with Crippen molar-refractivity contribution < 1.29 is 27.5 Å². The Hall–Kier alpha value is -2.84. The monoisotopic (exact) mass is 341 g/mol. The van der Waals surface area contributed by atoms with Gasteiger partial charge in [-0.1, -0.05) is 30.3 Å². The van der Waals surface area contributed by atoms with Gasteiger partial charge in [0.05, 0.1) is 6.61 Å². The number of carbonyl (C=O) groups is 2. The first-order valence-corrected chi connectivity index (χ1v) is 6.99. The van der Waals surface area contributed by atoms with Crippen molar-refractivity contribution in [2.45, 2.75) is 19.6 Å². The molecule has 1 amide bonds. The van der Waals surface area contributed by atoms with Gasteiger partial charge < -0.3 is 10.1 Å². The largest absolute Gasteiger partial charge is 0.461 e. The summed E-state index contributed by atoms with van der Waals surface area (Å²) in [4.78, 5) is 23.6. The van der Waals surface area contributed by atoms with E-state index in [0.717, 1.165) is 0 Å². The lowest BCUT2D eigenvalue weighted by Crippen LogP contribution is -2.26. The number of nitrogens with one attached hydrogen (secondary N) is 2. The van der Waals surface area contributed by atoms with Crippen molar-refractivity contribution in [1.82, 2.24) is 15.5 Å². The Morgan fingerprint density at radius 2 is 1.92 bits per heavy atom. The fraction of sp³-hybridized carbons (Fsp3) is 0.267. The van der Waals surface area contributed by atoms with Crippen LogP contribution in [-0.2, 0) is 17.5 Å². The van der Waals surface area contributed by atoms with Gasteiger partial charge in [0.25, 0.3) is 5.91 Å². The van der Waals surface area contributed by atoms with E-state index >= 15 is 0 Å². The van der Waals surface area contributed by atoms with Crippen LogP contribution in [0.4, 0.5) is 13.2 Å². The molecule has 0 radical (unpaired) electrons. The minimum atomic E-state index is -4.94. The number of rotatable bonds is 5. The zero-order valence-corrected chi connectivity index (χ0v) is 12.6. The molecule has 0 fully saturated rings. The van der Waals surface area contributed by atoms with Gasteiger partial charge in [0, 0.05) is 6.54 Å². The predicted molar refractivity (Wildman–Crippen MR) is 77.2 cm³/mol. The van der Waals surface area contributed by atoms with Gasteiger partial charge in [0.2, 0.25) is 0 Å². The van der Waals surface area contributed by atoms with Crippen LogP contribution >= 0.6 is 0 Å². The molecule has 2 rings (SSSR count). The second-order valence-electron chi connectivity index (χ2n) is 4.71. The highest BCUT2D eigenvalue weighted by molar-refractivity contribution is 5.98. The number of aromatic nitrogens is 2.